The second-order valence-corrected chi connectivity index (χ2v) is 6.75. The topological polar surface area (TPSA) is 77.2 Å². The van der Waals surface area contributed by atoms with E-state index in [0.717, 1.165) is 23.4 Å². The van der Waals surface area contributed by atoms with Crippen LogP contribution < -0.4 is 10.5 Å². The zero-order valence-electron chi connectivity index (χ0n) is 15.8. The summed E-state index contributed by atoms with van der Waals surface area (Å²) in [5, 5.41) is 13.7. The molecule has 142 valence electrons. The van der Waals surface area contributed by atoms with E-state index < -0.39 is 0 Å². The highest BCUT2D eigenvalue weighted by Crippen LogP contribution is 2.18. The van der Waals surface area contributed by atoms with Gasteiger partial charge in [-0.2, -0.15) is 15.0 Å². The number of anilines is 1. The van der Waals surface area contributed by atoms with Gasteiger partial charge < -0.3 is 9.88 Å². The Morgan fingerprint density at radius 3 is 2.82 bits per heavy atom. The van der Waals surface area contributed by atoms with E-state index in [1.165, 1.54) is 4.68 Å². The molecule has 0 saturated carbocycles. The van der Waals surface area contributed by atoms with E-state index in [-0.39, 0.29) is 10.3 Å². The molecule has 0 aliphatic rings. The third-order valence-electron chi connectivity index (χ3n) is 4.59. The summed E-state index contributed by atoms with van der Waals surface area (Å²) in [6, 6.07) is 15.4. The Kier molecular flexibility index (Phi) is 6.02. The van der Waals surface area contributed by atoms with Crippen LogP contribution in [-0.2, 0) is 0 Å². The van der Waals surface area contributed by atoms with Gasteiger partial charge in [0.25, 0.3) is 5.56 Å². The van der Waals surface area contributed by atoms with Gasteiger partial charge >= 0.3 is 0 Å². The number of fused-ring (bicyclic) bond motifs is 1. The van der Waals surface area contributed by atoms with E-state index in [4.69, 9.17) is 17.5 Å². The molecule has 1 heterocycles. The molecule has 28 heavy (non-hydrogen) atoms. The van der Waals surface area contributed by atoms with Crippen molar-refractivity contribution in [2.45, 2.75) is 20.3 Å². The number of nitriles is 1. The van der Waals surface area contributed by atoms with Crippen molar-refractivity contribution >= 4 is 35.0 Å². The quantitative estimate of drug-likeness (QED) is 0.509. The highest BCUT2D eigenvalue weighted by molar-refractivity contribution is 7.71. The summed E-state index contributed by atoms with van der Waals surface area (Å²) in [5.74, 6) is 0. The minimum atomic E-state index is -0.251. The van der Waals surface area contributed by atoms with Gasteiger partial charge in [-0.3, -0.25) is 4.79 Å². The molecule has 0 bridgehead atoms. The number of nitrogens with zero attached hydrogens (tertiary/aromatic N) is 4. The molecule has 1 N–H and O–H groups in total. The zero-order valence-corrected chi connectivity index (χ0v) is 16.7. The molecule has 1 aromatic heterocycles. The van der Waals surface area contributed by atoms with Gasteiger partial charge in [-0.25, -0.2) is 0 Å². The van der Waals surface area contributed by atoms with E-state index in [1.807, 2.05) is 37.3 Å². The highest BCUT2D eigenvalue weighted by atomic mass is 32.1. The van der Waals surface area contributed by atoms with Crippen LogP contribution in [0, 0.1) is 23.0 Å². The minimum absolute atomic E-state index is 0.251. The maximum atomic E-state index is 12.7. The number of rotatable bonds is 6. The Bertz CT molecular complexity index is 1190. The minimum Gasteiger partial charge on any atom is -0.371 e. The van der Waals surface area contributed by atoms with Crippen molar-refractivity contribution < 1.29 is 0 Å². The van der Waals surface area contributed by atoms with Crippen LogP contribution in [0.1, 0.15) is 24.5 Å². The maximum absolute atomic E-state index is 12.7. The first-order valence-corrected chi connectivity index (χ1v) is 9.47. The van der Waals surface area contributed by atoms with Gasteiger partial charge in [0.15, 0.2) is 0 Å². The smallest absolute Gasteiger partial charge is 0.282 e. The normalized spacial score (nSPS) is 11.0. The number of aromatic amines is 1. The molecule has 0 saturated heterocycles. The van der Waals surface area contributed by atoms with E-state index in [9.17, 15) is 4.79 Å². The van der Waals surface area contributed by atoms with Crippen LogP contribution in [0.2, 0.25) is 0 Å². The largest absolute Gasteiger partial charge is 0.371 e. The van der Waals surface area contributed by atoms with Crippen molar-refractivity contribution in [2.24, 2.45) is 5.10 Å². The van der Waals surface area contributed by atoms with Crippen molar-refractivity contribution in [2.75, 3.05) is 18.0 Å². The number of hydrogen-bond acceptors (Lipinski definition) is 5. The molecule has 0 aliphatic carbocycles. The predicted octanol–water partition coefficient (Wildman–Crippen LogP) is 3.99. The summed E-state index contributed by atoms with van der Waals surface area (Å²) in [5.41, 5.74) is 3.43. The lowest BCUT2D eigenvalue weighted by atomic mass is 10.1. The average molecular weight is 392 g/mol. The van der Waals surface area contributed by atoms with E-state index >= 15 is 0 Å². The van der Waals surface area contributed by atoms with Gasteiger partial charge in [-0.1, -0.05) is 18.2 Å². The molecule has 0 atom stereocenters. The number of nitrogens with one attached hydrogen (secondary N) is 1. The van der Waals surface area contributed by atoms with Crippen LogP contribution in [0.15, 0.2) is 52.4 Å². The average Bonchev–Trinajstić information content (AvgIpc) is 2.69. The van der Waals surface area contributed by atoms with Crippen LogP contribution in [-0.4, -0.2) is 29.0 Å². The van der Waals surface area contributed by atoms with Crippen molar-refractivity contribution in [3.63, 3.8) is 0 Å². The molecular weight excluding hydrogens is 370 g/mol. The molecule has 2 aromatic carbocycles. The Morgan fingerprint density at radius 1 is 1.32 bits per heavy atom. The standard InChI is InChI=1S/C21H21N5OS/c1-3-25(12-6-11-22)17-10-9-16(15(2)13-17)14-23-26-20(27)18-7-4-5-8-19(18)24-21(26)28/h4-5,7-10,13-14H,3,6,12H2,1-2H3,(H,24,28)/b23-14-. The lowest BCUT2D eigenvalue weighted by Gasteiger charge is -2.22. The summed E-state index contributed by atoms with van der Waals surface area (Å²) in [6.45, 7) is 5.58. The molecule has 3 aromatic rings. The predicted molar refractivity (Wildman–Crippen MR) is 116 cm³/mol. The fraction of sp³-hybridized carbons (Fsp3) is 0.238. The van der Waals surface area contributed by atoms with Crippen LogP contribution in [0.3, 0.4) is 0 Å². The van der Waals surface area contributed by atoms with Crippen molar-refractivity contribution in [1.29, 1.82) is 5.26 Å². The monoisotopic (exact) mass is 391 g/mol. The maximum Gasteiger partial charge on any atom is 0.282 e. The van der Waals surface area contributed by atoms with Crippen molar-refractivity contribution in [3.05, 3.63) is 68.7 Å². The Balaban J connectivity index is 1.93. The van der Waals surface area contributed by atoms with Gasteiger partial charge in [0.1, 0.15) is 0 Å². The Morgan fingerprint density at radius 2 is 2.11 bits per heavy atom. The number of para-hydroxylation sites is 1. The molecule has 7 heteroatoms. The number of benzene rings is 2. The second-order valence-electron chi connectivity index (χ2n) is 6.37. The lowest BCUT2D eigenvalue weighted by Crippen LogP contribution is -2.23. The highest BCUT2D eigenvalue weighted by Gasteiger charge is 2.07. The molecule has 0 aliphatic heterocycles. The van der Waals surface area contributed by atoms with Gasteiger partial charge in [0, 0.05) is 18.8 Å². The van der Waals surface area contributed by atoms with Gasteiger partial charge in [0.05, 0.1) is 29.6 Å². The third kappa shape index (κ3) is 4.02. The Labute approximate surface area is 168 Å². The van der Waals surface area contributed by atoms with E-state index in [0.29, 0.717) is 23.9 Å². The summed E-state index contributed by atoms with van der Waals surface area (Å²) >= 11 is 5.29. The molecule has 0 amide bonds. The van der Waals surface area contributed by atoms with Crippen LogP contribution in [0.4, 0.5) is 5.69 Å². The zero-order chi connectivity index (χ0) is 20.1. The number of hydrogen-bond donors (Lipinski definition) is 1. The number of aromatic nitrogens is 2. The number of aryl methyl sites for hydroxylation is 1. The third-order valence-corrected chi connectivity index (χ3v) is 4.86. The van der Waals surface area contributed by atoms with Gasteiger partial charge in [-0.05, 0) is 61.5 Å². The summed E-state index contributed by atoms with van der Waals surface area (Å²) in [6.07, 6.45) is 2.13. The van der Waals surface area contributed by atoms with Gasteiger partial charge in [-0.15, -0.1) is 0 Å². The summed E-state index contributed by atoms with van der Waals surface area (Å²) < 4.78 is 1.46. The first-order chi connectivity index (χ1) is 13.5. The fourth-order valence-electron chi connectivity index (χ4n) is 3.03. The first-order valence-electron chi connectivity index (χ1n) is 9.06. The van der Waals surface area contributed by atoms with Gasteiger partial charge in [0.2, 0.25) is 4.77 Å². The molecule has 6 nitrogen and oxygen atoms in total. The van der Waals surface area contributed by atoms with Crippen LogP contribution in [0.25, 0.3) is 10.9 Å². The van der Waals surface area contributed by atoms with Crippen LogP contribution >= 0.6 is 12.2 Å². The summed E-state index contributed by atoms with van der Waals surface area (Å²) in [4.78, 5) is 17.9. The first kappa shape index (κ1) is 19.5. The van der Waals surface area contributed by atoms with E-state index in [1.54, 1.807) is 12.3 Å². The molecule has 0 unspecified atom stereocenters. The molecule has 0 radical (unpaired) electrons. The molecule has 0 spiro atoms. The van der Waals surface area contributed by atoms with Crippen molar-refractivity contribution in [1.82, 2.24) is 9.66 Å². The molecular formula is C21H21N5OS. The van der Waals surface area contributed by atoms with Crippen LogP contribution in [0.5, 0.6) is 0 Å². The van der Waals surface area contributed by atoms with E-state index in [2.05, 4.69) is 34.0 Å². The molecule has 0 fully saturated rings. The SMILES string of the molecule is CCN(CCC#N)c1ccc(/C=N\n2c(=S)[nH]c3ccccc3c2=O)c(C)c1. The second kappa shape index (κ2) is 8.63. The molecule has 3 rings (SSSR count). The fourth-order valence-corrected chi connectivity index (χ4v) is 3.27. The Hall–Kier alpha value is -3.24. The number of H-pyrrole nitrogens is 1. The van der Waals surface area contributed by atoms with Crippen molar-refractivity contribution in [3.8, 4) is 6.07 Å². The summed E-state index contributed by atoms with van der Waals surface area (Å²) in [7, 11) is 0. The lowest BCUT2D eigenvalue weighted by molar-refractivity contribution is 0.799.